The number of phenols is 1. The van der Waals surface area contributed by atoms with E-state index in [1.807, 2.05) is 0 Å². The van der Waals surface area contributed by atoms with Crippen molar-refractivity contribution in [3.8, 4) is 11.5 Å². The molecule has 13 heavy (non-hydrogen) atoms. The molecule has 0 bridgehead atoms. The van der Waals surface area contributed by atoms with Crippen molar-refractivity contribution >= 4 is 0 Å². The number of benzene rings is 1. The van der Waals surface area contributed by atoms with E-state index in [1.165, 1.54) is 14.2 Å². The summed E-state index contributed by atoms with van der Waals surface area (Å²) < 4.78 is 4.92. The van der Waals surface area contributed by atoms with Gasteiger partial charge in [-0.05, 0) is 6.07 Å². The smallest absolute Gasteiger partial charge is 0.162 e. The molecule has 0 heterocycles. The van der Waals surface area contributed by atoms with Gasteiger partial charge in [-0.25, -0.2) is 0 Å². The van der Waals surface area contributed by atoms with Crippen molar-refractivity contribution in [3.05, 3.63) is 23.8 Å². The zero-order chi connectivity index (χ0) is 9.84. The minimum Gasteiger partial charge on any atom is -0.504 e. The third-order valence-corrected chi connectivity index (χ3v) is 1.70. The van der Waals surface area contributed by atoms with Crippen LogP contribution in [-0.2, 0) is 6.54 Å². The molecular weight excluding hydrogens is 170 g/mol. The van der Waals surface area contributed by atoms with Crippen molar-refractivity contribution in [1.29, 1.82) is 0 Å². The van der Waals surface area contributed by atoms with Crippen LogP contribution >= 0.6 is 0 Å². The van der Waals surface area contributed by atoms with Crippen molar-refractivity contribution in [2.24, 2.45) is 0 Å². The van der Waals surface area contributed by atoms with Crippen LogP contribution in [0.5, 0.6) is 11.5 Å². The molecule has 0 fully saturated rings. The molecule has 0 aliphatic rings. The molecule has 4 nitrogen and oxygen atoms in total. The maximum atomic E-state index is 9.57. The van der Waals surface area contributed by atoms with E-state index in [0.29, 0.717) is 11.3 Å². The Morgan fingerprint density at radius 2 is 2.15 bits per heavy atom. The maximum absolute atomic E-state index is 9.57. The molecule has 0 saturated carbocycles. The molecule has 1 aromatic rings. The number of ether oxygens (including phenoxy) is 1. The van der Waals surface area contributed by atoms with Crippen LogP contribution in [0.15, 0.2) is 18.2 Å². The normalized spacial score (nSPS) is 10.5. The Morgan fingerprint density at radius 1 is 1.46 bits per heavy atom. The number of phenolic OH excluding ortho intramolecular Hbond substituents is 1. The number of nitrogens with zero attached hydrogens (tertiary/aromatic N) is 1. The van der Waals surface area contributed by atoms with E-state index in [-0.39, 0.29) is 12.3 Å². The third-order valence-electron chi connectivity index (χ3n) is 1.70. The van der Waals surface area contributed by atoms with Crippen molar-refractivity contribution in [2.45, 2.75) is 6.54 Å². The molecule has 0 amide bonds. The predicted octanol–water partition coefficient (Wildman–Crippen LogP) is 1.22. The first kappa shape index (κ1) is 9.83. The minimum absolute atomic E-state index is 0.0749. The topological polar surface area (TPSA) is 52.9 Å². The van der Waals surface area contributed by atoms with Gasteiger partial charge >= 0.3 is 0 Å². The second-order valence-corrected chi connectivity index (χ2v) is 2.78. The molecule has 0 atom stereocenters. The first-order valence-corrected chi connectivity index (χ1v) is 3.90. The van der Waals surface area contributed by atoms with E-state index < -0.39 is 0 Å². The molecule has 0 saturated heterocycles. The minimum atomic E-state index is 0.0749. The van der Waals surface area contributed by atoms with Gasteiger partial charge in [-0.15, -0.1) is 0 Å². The first-order valence-electron chi connectivity index (χ1n) is 3.90. The third kappa shape index (κ3) is 2.34. The molecule has 0 unspecified atom stereocenters. The summed E-state index contributed by atoms with van der Waals surface area (Å²) in [5, 5.41) is 19.5. The van der Waals surface area contributed by atoms with E-state index in [0.717, 1.165) is 5.06 Å². The highest BCUT2D eigenvalue weighted by Gasteiger charge is 2.07. The molecule has 0 radical (unpaired) electrons. The van der Waals surface area contributed by atoms with Crippen LogP contribution in [0.3, 0.4) is 0 Å². The quantitative estimate of drug-likeness (QED) is 0.692. The second-order valence-electron chi connectivity index (χ2n) is 2.78. The largest absolute Gasteiger partial charge is 0.504 e. The lowest BCUT2D eigenvalue weighted by atomic mass is 10.2. The van der Waals surface area contributed by atoms with Gasteiger partial charge in [-0.3, -0.25) is 0 Å². The fourth-order valence-corrected chi connectivity index (χ4v) is 1.11. The summed E-state index contributed by atoms with van der Waals surface area (Å²) in [6, 6.07) is 5.15. The van der Waals surface area contributed by atoms with Gasteiger partial charge in [-0.1, -0.05) is 12.1 Å². The van der Waals surface area contributed by atoms with Crippen LogP contribution in [0.4, 0.5) is 0 Å². The molecule has 1 rings (SSSR count). The van der Waals surface area contributed by atoms with Gasteiger partial charge in [0.1, 0.15) is 0 Å². The summed E-state index contributed by atoms with van der Waals surface area (Å²) in [6.07, 6.45) is 0. The van der Waals surface area contributed by atoms with E-state index >= 15 is 0 Å². The number of aromatic hydroxyl groups is 1. The number of hydrogen-bond acceptors (Lipinski definition) is 4. The van der Waals surface area contributed by atoms with Crippen molar-refractivity contribution in [2.75, 3.05) is 14.2 Å². The number of methoxy groups -OCH3 is 1. The Balaban J connectivity index is 2.94. The Hall–Kier alpha value is -1.26. The first-order chi connectivity index (χ1) is 6.15. The summed E-state index contributed by atoms with van der Waals surface area (Å²) in [7, 11) is 3.00. The summed E-state index contributed by atoms with van der Waals surface area (Å²) in [6.45, 7) is 0.267. The monoisotopic (exact) mass is 183 g/mol. The van der Waals surface area contributed by atoms with Crippen LogP contribution in [-0.4, -0.2) is 29.5 Å². The van der Waals surface area contributed by atoms with E-state index in [1.54, 1.807) is 18.2 Å². The second kappa shape index (κ2) is 4.11. The number of para-hydroxylation sites is 1. The summed E-state index contributed by atoms with van der Waals surface area (Å²) in [5.41, 5.74) is 0.629. The standard InChI is InChI=1S/C9H13NO3/c1-10(12)6-7-4-3-5-8(13-2)9(7)11/h3-5,11-12H,6H2,1-2H3. The zero-order valence-corrected chi connectivity index (χ0v) is 7.69. The van der Waals surface area contributed by atoms with Gasteiger partial charge in [0.05, 0.1) is 13.7 Å². The lowest BCUT2D eigenvalue weighted by Crippen LogP contribution is -2.11. The van der Waals surface area contributed by atoms with Crippen LogP contribution < -0.4 is 4.74 Å². The summed E-state index contributed by atoms with van der Waals surface area (Å²) >= 11 is 0. The Morgan fingerprint density at radius 3 is 2.69 bits per heavy atom. The van der Waals surface area contributed by atoms with E-state index in [9.17, 15) is 5.11 Å². The van der Waals surface area contributed by atoms with Gasteiger partial charge in [-0.2, -0.15) is 5.06 Å². The Bertz CT molecular complexity index is 286. The van der Waals surface area contributed by atoms with Gasteiger partial charge < -0.3 is 15.1 Å². The predicted molar refractivity (Wildman–Crippen MR) is 47.9 cm³/mol. The molecule has 4 heteroatoms. The lowest BCUT2D eigenvalue weighted by molar-refractivity contribution is -0.0735. The molecular formula is C9H13NO3. The number of rotatable bonds is 3. The molecule has 0 spiro atoms. The highest BCUT2D eigenvalue weighted by molar-refractivity contribution is 5.45. The Kier molecular flexibility index (Phi) is 3.11. The molecule has 2 N–H and O–H groups in total. The van der Waals surface area contributed by atoms with Crippen LogP contribution in [0.2, 0.25) is 0 Å². The molecule has 0 aliphatic heterocycles. The van der Waals surface area contributed by atoms with Crippen LogP contribution in [0.25, 0.3) is 0 Å². The molecule has 72 valence electrons. The lowest BCUT2D eigenvalue weighted by Gasteiger charge is -2.11. The molecule has 0 aliphatic carbocycles. The fourth-order valence-electron chi connectivity index (χ4n) is 1.11. The van der Waals surface area contributed by atoms with Gasteiger partial charge in [0.25, 0.3) is 0 Å². The zero-order valence-electron chi connectivity index (χ0n) is 7.69. The van der Waals surface area contributed by atoms with Crippen molar-refractivity contribution in [3.63, 3.8) is 0 Å². The number of hydrogen-bond donors (Lipinski definition) is 2. The van der Waals surface area contributed by atoms with Crippen LogP contribution in [0, 0.1) is 0 Å². The average Bonchev–Trinajstić information content (AvgIpc) is 2.08. The van der Waals surface area contributed by atoms with Crippen LogP contribution in [0.1, 0.15) is 5.56 Å². The van der Waals surface area contributed by atoms with Gasteiger partial charge in [0, 0.05) is 12.6 Å². The number of hydroxylamine groups is 2. The highest BCUT2D eigenvalue weighted by atomic mass is 16.5. The van der Waals surface area contributed by atoms with E-state index in [2.05, 4.69) is 0 Å². The molecule has 1 aromatic carbocycles. The Labute approximate surface area is 76.9 Å². The average molecular weight is 183 g/mol. The van der Waals surface area contributed by atoms with E-state index in [4.69, 9.17) is 9.94 Å². The fraction of sp³-hybridized carbons (Fsp3) is 0.333. The van der Waals surface area contributed by atoms with Gasteiger partial charge in [0.2, 0.25) is 0 Å². The maximum Gasteiger partial charge on any atom is 0.162 e. The SMILES string of the molecule is COc1cccc(CN(C)O)c1O. The highest BCUT2D eigenvalue weighted by Crippen LogP contribution is 2.29. The molecule has 0 aromatic heterocycles. The van der Waals surface area contributed by atoms with Gasteiger partial charge in [0.15, 0.2) is 11.5 Å². The summed E-state index contributed by atoms with van der Waals surface area (Å²) in [4.78, 5) is 0. The van der Waals surface area contributed by atoms with Crippen molar-refractivity contribution in [1.82, 2.24) is 5.06 Å². The summed E-state index contributed by atoms with van der Waals surface area (Å²) in [5.74, 6) is 0.491. The van der Waals surface area contributed by atoms with Crippen molar-refractivity contribution < 1.29 is 15.1 Å².